The Morgan fingerprint density at radius 1 is 1.10 bits per heavy atom. The fourth-order valence-corrected chi connectivity index (χ4v) is 3.25. The van der Waals surface area contributed by atoms with Gasteiger partial charge in [0.2, 0.25) is 0 Å². The van der Waals surface area contributed by atoms with Gasteiger partial charge in [0.1, 0.15) is 11.6 Å². The minimum atomic E-state index is 0.0688. The predicted octanol–water partition coefficient (Wildman–Crippen LogP) is 2.10. The highest BCUT2D eigenvalue weighted by Gasteiger charge is 2.14. The number of thioether (sulfide) groups is 1. The van der Waals surface area contributed by atoms with E-state index in [1.807, 2.05) is 12.1 Å². The van der Waals surface area contributed by atoms with E-state index < -0.39 is 0 Å². The molecule has 21 heavy (non-hydrogen) atoms. The molecule has 1 aliphatic carbocycles. The van der Waals surface area contributed by atoms with Crippen LogP contribution in [0.2, 0.25) is 0 Å². The lowest BCUT2D eigenvalue weighted by molar-refractivity contribution is 0.102. The van der Waals surface area contributed by atoms with Crippen molar-refractivity contribution in [1.29, 1.82) is 0 Å². The summed E-state index contributed by atoms with van der Waals surface area (Å²) in [6.45, 7) is 0. The van der Waals surface area contributed by atoms with Gasteiger partial charge >= 0.3 is 0 Å². The number of rotatable bonds is 4. The Kier molecular flexibility index (Phi) is 3.79. The molecule has 108 valence electrons. The molecule has 0 spiro atoms. The number of ketones is 1. The molecule has 1 heterocycles. The molecule has 0 saturated carbocycles. The second kappa shape index (κ2) is 5.73. The maximum atomic E-state index is 12.2. The van der Waals surface area contributed by atoms with Crippen LogP contribution in [0.3, 0.4) is 0 Å². The molecule has 1 aliphatic rings. The Bertz CT molecular complexity index is 682. The van der Waals surface area contributed by atoms with Gasteiger partial charge in [-0.15, -0.1) is 0 Å². The fourth-order valence-electron chi connectivity index (χ4n) is 2.49. The summed E-state index contributed by atoms with van der Waals surface area (Å²) in [5.41, 5.74) is 14.6. The first-order valence-electron chi connectivity index (χ1n) is 6.79. The van der Waals surface area contributed by atoms with Gasteiger partial charge < -0.3 is 11.5 Å². The van der Waals surface area contributed by atoms with Gasteiger partial charge in [0.15, 0.2) is 10.9 Å². The van der Waals surface area contributed by atoms with Crippen LogP contribution in [0, 0.1) is 0 Å². The summed E-state index contributed by atoms with van der Waals surface area (Å²) in [7, 11) is 0. The van der Waals surface area contributed by atoms with Crippen LogP contribution >= 0.6 is 11.8 Å². The van der Waals surface area contributed by atoms with Crippen molar-refractivity contribution in [3.8, 4) is 0 Å². The lowest BCUT2D eigenvalue weighted by Gasteiger charge is -2.05. The topological polar surface area (TPSA) is 94.9 Å². The van der Waals surface area contributed by atoms with Crippen LogP contribution in [0.4, 0.5) is 11.6 Å². The second-order valence-corrected chi connectivity index (χ2v) is 5.99. The smallest absolute Gasteiger partial charge is 0.191 e. The number of hydrogen-bond donors (Lipinski definition) is 2. The van der Waals surface area contributed by atoms with Gasteiger partial charge in [0.25, 0.3) is 0 Å². The molecule has 0 unspecified atom stereocenters. The molecule has 1 aromatic heterocycles. The second-order valence-electron chi connectivity index (χ2n) is 5.05. The zero-order valence-corrected chi connectivity index (χ0v) is 12.3. The predicted molar refractivity (Wildman–Crippen MR) is 84.4 cm³/mol. The first kappa shape index (κ1) is 13.9. The summed E-state index contributed by atoms with van der Waals surface area (Å²) < 4.78 is 0. The van der Waals surface area contributed by atoms with Crippen LogP contribution < -0.4 is 11.5 Å². The first-order chi connectivity index (χ1) is 10.1. The fraction of sp³-hybridized carbons (Fsp3) is 0.267. The standard InChI is InChI=1S/C15H16N4OS/c16-13-7-14(17)19-15(18-13)21-8-12(20)11-5-4-9-2-1-3-10(9)6-11/h4-7H,1-3,8H2,(H4,16,17,18,19). The molecule has 0 bridgehead atoms. The third-order valence-corrected chi connectivity index (χ3v) is 4.35. The Morgan fingerprint density at radius 2 is 1.81 bits per heavy atom. The number of benzene rings is 1. The largest absolute Gasteiger partial charge is 0.383 e. The number of hydrogen-bond acceptors (Lipinski definition) is 6. The van der Waals surface area contributed by atoms with Crippen molar-refractivity contribution < 1.29 is 4.79 Å². The number of nitrogens with zero attached hydrogens (tertiary/aromatic N) is 2. The Balaban J connectivity index is 1.69. The van der Waals surface area contributed by atoms with Crippen LogP contribution in [-0.4, -0.2) is 21.5 Å². The lowest BCUT2D eigenvalue weighted by Crippen LogP contribution is -2.05. The first-order valence-corrected chi connectivity index (χ1v) is 7.78. The van der Waals surface area contributed by atoms with Crippen LogP contribution in [0.5, 0.6) is 0 Å². The molecule has 1 aromatic carbocycles. The Hall–Kier alpha value is -2.08. The van der Waals surface area contributed by atoms with Crippen LogP contribution in [-0.2, 0) is 12.8 Å². The summed E-state index contributed by atoms with van der Waals surface area (Å²) in [4.78, 5) is 20.4. The molecule has 2 aromatic rings. The van der Waals surface area contributed by atoms with Crippen LogP contribution in [0.1, 0.15) is 27.9 Å². The van der Waals surface area contributed by atoms with Gasteiger partial charge in [-0.25, -0.2) is 9.97 Å². The molecular formula is C15H16N4OS. The molecule has 5 nitrogen and oxygen atoms in total. The van der Waals surface area contributed by atoms with Crippen molar-refractivity contribution >= 4 is 29.2 Å². The maximum absolute atomic E-state index is 12.2. The van der Waals surface area contributed by atoms with Crippen molar-refractivity contribution in [2.24, 2.45) is 0 Å². The Morgan fingerprint density at radius 3 is 2.57 bits per heavy atom. The maximum Gasteiger partial charge on any atom is 0.191 e. The van der Waals surface area contributed by atoms with Gasteiger partial charge in [-0.2, -0.15) is 0 Å². The average Bonchev–Trinajstić information content (AvgIpc) is 2.91. The number of aryl methyl sites for hydroxylation is 2. The number of carbonyl (C=O) groups excluding carboxylic acids is 1. The van der Waals surface area contributed by atoms with Crippen LogP contribution in [0.15, 0.2) is 29.4 Å². The summed E-state index contributed by atoms with van der Waals surface area (Å²) in [6, 6.07) is 7.48. The van der Waals surface area contributed by atoms with Gasteiger partial charge in [-0.05, 0) is 36.5 Å². The normalized spacial score (nSPS) is 13.1. The molecule has 0 radical (unpaired) electrons. The van der Waals surface area contributed by atoms with Crippen molar-refractivity contribution in [1.82, 2.24) is 9.97 Å². The van der Waals surface area contributed by atoms with Crippen molar-refractivity contribution in [2.45, 2.75) is 24.4 Å². The van der Waals surface area contributed by atoms with Gasteiger partial charge in [-0.3, -0.25) is 4.79 Å². The van der Waals surface area contributed by atoms with Gasteiger partial charge in [0, 0.05) is 11.6 Å². The minimum Gasteiger partial charge on any atom is -0.383 e. The van der Waals surface area contributed by atoms with E-state index in [4.69, 9.17) is 11.5 Å². The zero-order valence-electron chi connectivity index (χ0n) is 11.5. The van der Waals surface area contributed by atoms with Gasteiger partial charge in [0.05, 0.1) is 5.75 Å². The lowest BCUT2D eigenvalue weighted by atomic mass is 10.0. The van der Waals surface area contributed by atoms with Gasteiger partial charge in [-0.1, -0.05) is 23.9 Å². The molecule has 4 N–H and O–H groups in total. The molecule has 0 saturated heterocycles. The van der Waals surface area contributed by atoms with Crippen molar-refractivity contribution in [2.75, 3.05) is 17.2 Å². The monoisotopic (exact) mass is 300 g/mol. The van der Waals surface area contributed by atoms with Crippen LogP contribution in [0.25, 0.3) is 0 Å². The number of nitrogen functional groups attached to an aromatic ring is 2. The third kappa shape index (κ3) is 3.16. The Labute approximate surface area is 127 Å². The van der Waals surface area contributed by atoms with E-state index in [1.54, 1.807) is 0 Å². The van der Waals surface area contributed by atoms with E-state index in [2.05, 4.69) is 16.0 Å². The molecule has 0 amide bonds. The highest BCUT2D eigenvalue weighted by atomic mass is 32.2. The molecule has 3 rings (SSSR count). The summed E-state index contributed by atoms with van der Waals surface area (Å²) in [5, 5.41) is 0.432. The minimum absolute atomic E-state index is 0.0688. The summed E-state index contributed by atoms with van der Waals surface area (Å²) in [5.74, 6) is 0.978. The molecule has 0 fully saturated rings. The van der Waals surface area contributed by atoms with Crippen molar-refractivity contribution in [3.05, 3.63) is 41.0 Å². The van der Waals surface area contributed by atoms with E-state index in [1.165, 1.54) is 35.4 Å². The number of fused-ring (bicyclic) bond motifs is 1. The highest BCUT2D eigenvalue weighted by molar-refractivity contribution is 7.99. The third-order valence-electron chi connectivity index (χ3n) is 3.50. The number of nitrogens with two attached hydrogens (primary N) is 2. The quantitative estimate of drug-likeness (QED) is 0.510. The summed E-state index contributed by atoms with van der Waals surface area (Å²) >= 11 is 1.25. The molecule has 6 heteroatoms. The number of Topliss-reactive ketones (excluding diaryl/α,β-unsaturated/α-hetero) is 1. The highest BCUT2D eigenvalue weighted by Crippen LogP contribution is 2.24. The molecule has 0 atom stereocenters. The van der Waals surface area contributed by atoms with E-state index in [0.29, 0.717) is 16.8 Å². The average molecular weight is 300 g/mol. The number of anilines is 2. The molecular weight excluding hydrogens is 284 g/mol. The van der Waals surface area contributed by atoms with E-state index in [9.17, 15) is 4.79 Å². The SMILES string of the molecule is Nc1cc(N)nc(SCC(=O)c2ccc3c(c2)CCC3)n1. The zero-order chi connectivity index (χ0) is 14.8. The summed E-state index contributed by atoms with van der Waals surface area (Å²) in [6.07, 6.45) is 3.37. The molecule has 0 aliphatic heterocycles. The number of carbonyl (C=O) groups is 1. The van der Waals surface area contributed by atoms with Crippen molar-refractivity contribution in [3.63, 3.8) is 0 Å². The van der Waals surface area contributed by atoms with E-state index in [-0.39, 0.29) is 11.5 Å². The van der Waals surface area contributed by atoms with E-state index >= 15 is 0 Å². The number of aromatic nitrogens is 2. The van der Waals surface area contributed by atoms with E-state index in [0.717, 1.165) is 18.4 Å².